The number of halogens is 4. The summed E-state index contributed by atoms with van der Waals surface area (Å²) in [6, 6.07) is 5.27. The molecule has 4 rings (SSSR count). The lowest BCUT2D eigenvalue weighted by atomic mass is 9.76. The van der Waals surface area contributed by atoms with E-state index in [2.05, 4.69) is 39.3 Å². The first kappa shape index (κ1) is 20.3. The summed E-state index contributed by atoms with van der Waals surface area (Å²) in [6.45, 7) is 4.58. The molecule has 0 saturated heterocycles. The average Bonchev–Trinajstić information content (AvgIpc) is 3.07. The molecular weight excluding hydrogens is 398 g/mol. The quantitative estimate of drug-likeness (QED) is 0.453. The van der Waals surface area contributed by atoms with Crippen LogP contribution < -0.4 is 5.32 Å². The van der Waals surface area contributed by atoms with E-state index in [1.807, 2.05) is 0 Å². The SMILES string of the molecule is CC1(C)CCc2c(-c3cc(F)nc(NCc4ccc(C(F)(F)F)nc4)c3)n[nH]c2C1. The molecule has 1 aliphatic carbocycles. The number of fused-ring (bicyclic) bond motifs is 1. The fourth-order valence-corrected chi connectivity index (χ4v) is 3.70. The highest BCUT2D eigenvalue weighted by molar-refractivity contribution is 5.67. The predicted octanol–water partition coefficient (Wildman–Crippen LogP) is 5.15. The summed E-state index contributed by atoms with van der Waals surface area (Å²) < 4.78 is 52.0. The fraction of sp³-hybridized carbons (Fsp3) is 0.381. The Balaban J connectivity index is 1.53. The Morgan fingerprint density at radius 2 is 2.00 bits per heavy atom. The van der Waals surface area contributed by atoms with E-state index in [4.69, 9.17) is 0 Å². The van der Waals surface area contributed by atoms with Crippen LogP contribution in [0.1, 0.15) is 42.8 Å². The van der Waals surface area contributed by atoms with Gasteiger partial charge in [-0.15, -0.1) is 0 Å². The number of hydrogen-bond acceptors (Lipinski definition) is 4. The van der Waals surface area contributed by atoms with Gasteiger partial charge in [0.1, 0.15) is 11.5 Å². The van der Waals surface area contributed by atoms with Crippen LogP contribution in [0.2, 0.25) is 0 Å². The van der Waals surface area contributed by atoms with Crippen molar-refractivity contribution in [3.63, 3.8) is 0 Å². The van der Waals surface area contributed by atoms with Gasteiger partial charge in [0.25, 0.3) is 0 Å². The number of H-pyrrole nitrogens is 1. The highest BCUT2D eigenvalue weighted by atomic mass is 19.4. The number of aromatic amines is 1. The van der Waals surface area contributed by atoms with Crippen molar-refractivity contribution in [1.82, 2.24) is 20.2 Å². The lowest BCUT2D eigenvalue weighted by molar-refractivity contribution is -0.141. The van der Waals surface area contributed by atoms with E-state index < -0.39 is 17.8 Å². The van der Waals surface area contributed by atoms with Crippen LogP contribution in [0.3, 0.4) is 0 Å². The molecule has 158 valence electrons. The summed E-state index contributed by atoms with van der Waals surface area (Å²) in [5.74, 6) is -0.383. The number of hydrogen-bond donors (Lipinski definition) is 2. The third-order valence-corrected chi connectivity index (χ3v) is 5.32. The normalized spacial score (nSPS) is 15.7. The molecule has 3 aromatic rings. The Kier molecular flexibility index (Phi) is 4.99. The van der Waals surface area contributed by atoms with Crippen LogP contribution >= 0.6 is 0 Å². The number of alkyl halides is 3. The first-order valence-corrected chi connectivity index (χ1v) is 9.61. The molecule has 0 aliphatic heterocycles. The first-order chi connectivity index (χ1) is 14.1. The van der Waals surface area contributed by atoms with E-state index >= 15 is 0 Å². The van der Waals surface area contributed by atoms with Crippen LogP contribution in [0.5, 0.6) is 0 Å². The molecule has 0 saturated carbocycles. The summed E-state index contributed by atoms with van der Waals surface area (Å²) in [7, 11) is 0. The van der Waals surface area contributed by atoms with Crippen molar-refractivity contribution in [2.45, 2.75) is 45.8 Å². The fourth-order valence-electron chi connectivity index (χ4n) is 3.70. The summed E-state index contributed by atoms with van der Waals surface area (Å²) in [5, 5.41) is 10.4. The molecule has 5 nitrogen and oxygen atoms in total. The summed E-state index contributed by atoms with van der Waals surface area (Å²) in [6.07, 6.45) is -0.579. The molecule has 0 atom stereocenters. The van der Waals surface area contributed by atoms with E-state index in [9.17, 15) is 17.6 Å². The standard InChI is InChI=1S/C21H21F4N5/c1-20(2)6-5-14-15(9-20)29-30-19(14)13-7-17(22)28-18(8-13)27-11-12-3-4-16(26-10-12)21(23,24)25/h3-4,7-8,10H,5-6,9,11H2,1-2H3,(H,27,28)(H,29,30). The third kappa shape index (κ3) is 4.29. The Bertz CT molecular complexity index is 1050. The molecule has 0 amide bonds. The van der Waals surface area contributed by atoms with Gasteiger partial charge >= 0.3 is 6.18 Å². The number of pyridine rings is 2. The van der Waals surface area contributed by atoms with Crippen LogP contribution in [0.4, 0.5) is 23.4 Å². The Labute approximate surface area is 171 Å². The summed E-state index contributed by atoms with van der Waals surface area (Å²) >= 11 is 0. The second-order valence-corrected chi connectivity index (χ2v) is 8.34. The molecule has 0 bridgehead atoms. The largest absolute Gasteiger partial charge is 0.433 e. The summed E-state index contributed by atoms with van der Waals surface area (Å²) in [4.78, 5) is 7.26. The van der Waals surface area contributed by atoms with E-state index in [1.54, 1.807) is 6.07 Å². The smallest absolute Gasteiger partial charge is 0.366 e. The monoisotopic (exact) mass is 419 g/mol. The van der Waals surface area contributed by atoms with Crippen LogP contribution in [0.25, 0.3) is 11.3 Å². The molecule has 9 heteroatoms. The van der Waals surface area contributed by atoms with Crippen molar-refractivity contribution in [1.29, 1.82) is 0 Å². The van der Waals surface area contributed by atoms with Gasteiger partial charge < -0.3 is 5.32 Å². The topological polar surface area (TPSA) is 66.5 Å². The minimum Gasteiger partial charge on any atom is -0.366 e. The average molecular weight is 419 g/mol. The van der Waals surface area contributed by atoms with Gasteiger partial charge in [0, 0.05) is 35.6 Å². The molecule has 1 aliphatic rings. The Morgan fingerprint density at radius 1 is 1.20 bits per heavy atom. The molecule has 3 heterocycles. The van der Waals surface area contributed by atoms with Gasteiger partial charge in [-0.2, -0.15) is 22.7 Å². The molecule has 3 aromatic heterocycles. The van der Waals surface area contributed by atoms with Crippen LogP contribution in [0, 0.1) is 11.4 Å². The predicted molar refractivity (Wildman–Crippen MR) is 104 cm³/mol. The number of aromatic nitrogens is 4. The zero-order valence-electron chi connectivity index (χ0n) is 16.6. The van der Waals surface area contributed by atoms with Gasteiger partial charge in [0.05, 0.1) is 5.69 Å². The minimum atomic E-state index is -4.48. The lowest BCUT2D eigenvalue weighted by Crippen LogP contribution is -2.21. The van der Waals surface area contributed by atoms with Crippen LogP contribution in [-0.4, -0.2) is 20.2 Å². The van der Waals surface area contributed by atoms with Crippen LogP contribution in [0.15, 0.2) is 30.5 Å². The maximum Gasteiger partial charge on any atom is 0.433 e. The molecule has 2 N–H and O–H groups in total. The second-order valence-electron chi connectivity index (χ2n) is 8.34. The molecule has 0 fully saturated rings. The third-order valence-electron chi connectivity index (χ3n) is 5.32. The van der Waals surface area contributed by atoms with Crippen molar-refractivity contribution in [2.75, 3.05) is 5.32 Å². The molecule has 0 spiro atoms. The van der Waals surface area contributed by atoms with Gasteiger partial charge in [-0.3, -0.25) is 10.1 Å². The van der Waals surface area contributed by atoms with Gasteiger partial charge in [0.15, 0.2) is 0 Å². The Morgan fingerprint density at radius 3 is 2.70 bits per heavy atom. The van der Waals surface area contributed by atoms with Crippen molar-refractivity contribution in [3.8, 4) is 11.3 Å². The second kappa shape index (κ2) is 7.37. The molecule has 0 unspecified atom stereocenters. The number of nitrogens with one attached hydrogen (secondary N) is 2. The van der Waals surface area contributed by atoms with Crippen molar-refractivity contribution in [3.05, 3.63) is 58.9 Å². The maximum absolute atomic E-state index is 14.2. The van der Waals surface area contributed by atoms with E-state index in [-0.39, 0.29) is 17.8 Å². The van der Waals surface area contributed by atoms with Gasteiger partial charge in [0.2, 0.25) is 5.95 Å². The Hall–Kier alpha value is -2.97. The molecular formula is C21H21F4N5. The van der Waals surface area contributed by atoms with E-state index in [0.29, 0.717) is 16.8 Å². The zero-order chi connectivity index (χ0) is 21.5. The maximum atomic E-state index is 14.2. The highest BCUT2D eigenvalue weighted by Crippen LogP contribution is 2.38. The number of nitrogens with zero attached hydrogens (tertiary/aromatic N) is 3. The van der Waals surface area contributed by atoms with Crippen molar-refractivity contribution < 1.29 is 17.6 Å². The number of rotatable bonds is 4. The molecule has 0 radical (unpaired) electrons. The van der Waals surface area contributed by atoms with Gasteiger partial charge in [-0.05, 0) is 42.4 Å². The first-order valence-electron chi connectivity index (χ1n) is 9.61. The van der Waals surface area contributed by atoms with E-state index in [0.717, 1.165) is 42.8 Å². The zero-order valence-corrected chi connectivity index (χ0v) is 16.6. The van der Waals surface area contributed by atoms with Crippen molar-refractivity contribution >= 4 is 5.82 Å². The van der Waals surface area contributed by atoms with Gasteiger partial charge in [-0.25, -0.2) is 4.98 Å². The summed E-state index contributed by atoms with van der Waals surface area (Å²) in [5.41, 5.74) is 3.25. The molecule has 30 heavy (non-hydrogen) atoms. The van der Waals surface area contributed by atoms with Gasteiger partial charge in [-0.1, -0.05) is 19.9 Å². The van der Waals surface area contributed by atoms with Crippen LogP contribution in [-0.2, 0) is 25.6 Å². The molecule has 0 aromatic carbocycles. The van der Waals surface area contributed by atoms with E-state index in [1.165, 1.54) is 12.1 Å². The van der Waals surface area contributed by atoms with Crippen molar-refractivity contribution in [2.24, 2.45) is 5.41 Å². The lowest BCUT2D eigenvalue weighted by Gasteiger charge is -2.29. The number of anilines is 1. The minimum absolute atomic E-state index is 0.161. The highest BCUT2D eigenvalue weighted by Gasteiger charge is 2.32.